The van der Waals surface area contributed by atoms with E-state index in [4.69, 9.17) is 4.42 Å². The predicted octanol–water partition coefficient (Wildman–Crippen LogP) is 2.27. The molecule has 2 aliphatic rings. The maximum absolute atomic E-state index is 13.0. The van der Waals surface area contributed by atoms with Crippen molar-refractivity contribution in [1.29, 1.82) is 0 Å². The van der Waals surface area contributed by atoms with Gasteiger partial charge in [0.1, 0.15) is 6.26 Å². The summed E-state index contributed by atoms with van der Waals surface area (Å²) < 4.78 is 7.40. The molecule has 10 heteroatoms. The molecule has 0 radical (unpaired) electrons. The van der Waals surface area contributed by atoms with Gasteiger partial charge >= 0.3 is 0 Å². The van der Waals surface area contributed by atoms with E-state index in [1.54, 1.807) is 10.9 Å². The van der Waals surface area contributed by atoms with E-state index < -0.39 is 0 Å². The number of halogens is 1. The second-order valence-corrected chi connectivity index (χ2v) is 8.13. The van der Waals surface area contributed by atoms with Crippen LogP contribution in [0.2, 0.25) is 0 Å². The molecule has 0 bridgehead atoms. The summed E-state index contributed by atoms with van der Waals surface area (Å²) in [6, 6.07) is 3.94. The van der Waals surface area contributed by atoms with Crippen LogP contribution in [-0.2, 0) is 7.05 Å². The highest BCUT2D eigenvalue weighted by atomic mass is 35.5. The van der Waals surface area contributed by atoms with Crippen LogP contribution in [0.25, 0.3) is 10.9 Å². The lowest BCUT2D eigenvalue weighted by Gasteiger charge is -2.22. The summed E-state index contributed by atoms with van der Waals surface area (Å²) in [4.78, 5) is 19.5. The van der Waals surface area contributed by atoms with Gasteiger partial charge in [-0.1, -0.05) is 0 Å². The lowest BCUT2D eigenvalue weighted by atomic mass is 9.98. The second kappa shape index (κ2) is 8.86. The van der Waals surface area contributed by atoms with Crippen molar-refractivity contribution in [3.63, 3.8) is 0 Å². The van der Waals surface area contributed by atoms with Crippen LogP contribution in [-0.4, -0.2) is 58.1 Å². The molecular weight excluding hydrogens is 420 g/mol. The molecule has 0 spiro atoms. The van der Waals surface area contributed by atoms with E-state index >= 15 is 0 Å². The van der Waals surface area contributed by atoms with Gasteiger partial charge in [-0.15, -0.1) is 12.4 Å². The summed E-state index contributed by atoms with van der Waals surface area (Å²) in [5.74, 6) is 0.577. The molecular formula is C21H27ClN6O3. The average Bonchev–Trinajstić information content (AvgIpc) is 3.49. The van der Waals surface area contributed by atoms with Gasteiger partial charge in [0.25, 0.3) is 5.91 Å². The third-order valence-electron chi connectivity index (χ3n) is 6.06. The summed E-state index contributed by atoms with van der Waals surface area (Å²) in [7, 11) is 1.87. The molecule has 0 saturated carbocycles. The fraction of sp³-hybridized carbons (Fsp3) is 0.476. The van der Waals surface area contributed by atoms with Gasteiger partial charge in [0.05, 0.1) is 29.2 Å². The number of aliphatic hydroxyl groups is 1. The van der Waals surface area contributed by atoms with Crippen LogP contribution >= 0.6 is 12.4 Å². The van der Waals surface area contributed by atoms with Crippen molar-refractivity contribution >= 4 is 40.6 Å². The fourth-order valence-electron chi connectivity index (χ4n) is 4.34. The van der Waals surface area contributed by atoms with E-state index in [9.17, 15) is 9.90 Å². The van der Waals surface area contributed by atoms with Gasteiger partial charge in [0.15, 0.2) is 11.6 Å². The van der Waals surface area contributed by atoms with Gasteiger partial charge in [0.2, 0.25) is 0 Å². The summed E-state index contributed by atoms with van der Waals surface area (Å²) in [5, 5.41) is 21.6. The number of hydrogen-bond acceptors (Lipinski definition) is 7. The van der Waals surface area contributed by atoms with Crippen molar-refractivity contribution in [1.82, 2.24) is 20.1 Å². The Morgan fingerprint density at radius 3 is 2.84 bits per heavy atom. The molecule has 4 heterocycles. The van der Waals surface area contributed by atoms with Gasteiger partial charge in [-0.3, -0.25) is 9.48 Å². The van der Waals surface area contributed by atoms with Crippen molar-refractivity contribution in [2.24, 2.45) is 7.05 Å². The lowest BCUT2D eigenvalue weighted by Crippen LogP contribution is -2.26. The Morgan fingerprint density at radius 2 is 2.10 bits per heavy atom. The summed E-state index contributed by atoms with van der Waals surface area (Å²) in [5.41, 5.74) is 2.75. The number of nitrogens with one attached hydrogen (secondary N) is 2. The molecule has 1 aromatic carbocycles. The number of carbonyl (C=O) groups excluding carboxylic acids is 1. The molecule has 3 N–H and O–H groups in total. The van der Waals surface area contributed by atoms with Gasteiger partial charge in [-0.25, -0.2) is 4.98 Å². The number of rotatable bonds is 4. The summed E-state index contributed by atoms with van der Waals surface area (Å²) in [6.45, 7) is 3.15. The largest absolute Gasteiger partial charge is 0.448 e. The molecule has 9 nitrogen and oxygen atoms in total. The minimum absolute atomic E-state index is 0. The maximum Gasteiger partial charge on any atom is 0.277 e. The third-order valence-corrected chi connectivity index (χ3v) is 6.06. The zero-order valence-electron chi connectivity index (χ0n) is 17.4. The number of aryl methyl sites for hydroxylation is 1. The molecule has 2 aromatic heterocycles. The van der Waals surface area contributed by atoms with Crippen LogP contribution in [0.3, 0.4) is 0 Å². The molecule has 0 unspecified atom stereocenters. The molecule has 2 fully saturated rings. The Labute approximate surface area is 186 Å². The summed E-state index contributed by atoms with van der Waals surface area (Å²) in [6.07, 6.45) is 5.51. The molecule has 1 atom stereocenters. The Balaban J connectivity index is 0.00000231. The van der Waals surface area contributed by atoms with Crippen LogP contribution in [0, 0.1) is 0 Å². The molecule has 5 rings (SSSR count). The van der Waals surface area contributed by atoms with E-state index in [2.05, 4.69) is 25.6 Å². The predicted molar refractivity (Wildman–Crippen MR) is 120 cm³/mol. The Hall–Kier alpha value is -2.62. The van der Waals surface area contributed by atoms with Crippen LogP contribution < -0.4 is 15.5 Å². The zero-order valence-corrected chi connectivity index (χ0v) is 18.2. The molecule has 2 saturated heterocycles. The van der Waals surface area contributed by atoms with Crippen molar-refractivity contribution in [3.8, 4) is 0 Å². The summed E-state index contributed by atoms with van der Waals surface area (Å²) >= 11 is 0. The highest BCUT2D eigenvalue weighted by molar-refractivity contribution is 6.06. The molecule has 31 heavy (non-hydrogen) atoms. The minimum Gasteiger partial charge on any atom is -0.448 e. The topological polar surface area (TPSA) is 108 Å². The zero-order chi connectivity index (χ0) is 20.7. The molecule has 2 aliphatic heterocycles. The molecule has 1 amide bonds. The van der Waals surface area contributed by atoms with Crippen LogP contribution in [0.1, 0.15) is 41.6 Å². The number of hydrogen-bond donors (Lipinski definition) is 3. The maximum atomic E-state index is 13.0. The first-order valence-electron chi connectivity index (χ1n) is 10.4. The second-order valence-electron chi connectivity index (χ2n) is 8.13. The van der Waals surface area contributed by atoms with Gasteiger partial charge < -0.3 is 25.1 Å². The number of fused-ring (bicyclic) bond motifs is 1. The molecule has 3 aromatic rings. The normalized spacial score (nSPS) is 19.5. The Morgan fingerprint density at radius 1 is 1.29 bits per heavy atom. The number of oxazole rings is 1. The van der Waals surface area contributed by atoms with Gasteiger partial charge in [-0.2, -0.15) is 5.10 Å². The monoisotopic (exact) mass is 446 g/mol. The van der Waals surface area contributed by atoms with Gasteiger partial charge in [0, 0.05) is 31.4 Å². The van der Waals surface area contributed by atoms with Crippen LogP contribution in [0.5, 0.6) is 0 Å². The van der Waals surface area contributed by atoms with Crippen molar-refractivity contribution in [3.05, 3.63) is 36.2 Å². The van der Waals surface area contributed by atoms with Crippen LogP contribution in [0.15, 0.2) is 29.0 Å². The van der Waals surface area contributed by atoms with Gasteiger partial charge in [-0.05, 0) is 44.5 Å². The number of carbonyl (C=O) groups is 1. The quantitative estimate of drug-likeness (QED) is 0.564. The standard InChI is InChI=1S/C21H26N6O3.ClH/c1-26-18-9-16(19(8-14(18)10-23-26)27-7-4-15(28)11-27)24-20(29)17-12-30-21(25-17)13-2-5-22-6-3-13;/h8-10,12-13,15,22,28H,2-7,11H2,1H3,(H,24,29);1H/t15-;/m0./s1. The van der Waals surface area contributed by atoms with Crippen LogP contribution in [0.4, 0.5) is 11.4 Å². The first-order valence-corrected chi connectivity index (χ1v) is 10.4. The van der Waals surface area contributed by atoms with E-state index in [0.717, 1.165) is 49.1 Å². The first kappa shape index (κ1) is 21.6. The fourth-order valence-corrected chi connectivity index (χ4v) is 4.34. The average molecular weight is 447 g/mol. The number of nitrogens with zero attached hydrogens (tertiary/aromatic N) is 4. The van der Waals surface area contributed by atoms with E-state index in [0.29, 0.717) is 24.5 Å². The van der Waals surface area contributed by atoms with Crippen molar-refractivity contribution in [2.45, 2.75) is 31.3 Å². The number of aromatic nitrogens is 3. The third kappa shape index (κ3) is 4.26. The van der Waals surface area contributed by atoms with E-state index in [1.807, 2.05) is 19.2 Å². The Bertz CT molecular complexity index is 1070. The highest BCUT2D eigenvalue weighted by Gasteiger charge is 2.26. The number of anilines is 2. The van der Waals surface area contributed by atoms with Crippen molar-refractivity contribution < 1.29 is 14.3 Å². The molecule has 166 valence electrons. The van der Waals surface area contributed by atoms with Crippen molar-refractivity contribution in [2.75, 3.05) is 36.4 Å². The number of aliphatic hydroxyl groups excluding tert-OH is 1. The molecule has 0 aliphatic carbocycles. The lowest BCUT2D eigenvalue weighted by molar-refractivity contribution is 0.102. The number of β-amino-alcohol motifs (C(OH)–C–C–N with tert-alkyl or cyclic N) is 1. The number of amides is 1. The SMILES string of the molecule is Cl.Cn1ncc2cc(N3CC[C@H](O)C3)c(NC(=O)c3coc(C4CCNCC4)n3)cc21. The Kier molecular flexibility index (Phi) is 6.17. The smallest absolute Gasteiger partial charge is 0.277 e. The first-order chi connectivity index (χ1) is 14.6. The number of piperidine rings is 1. The van der Waals surface area contributed by atoms with E-state index in [-0.39, 0.29) is 36.0 Å². The van der Waals surface area contributed by atoms with E-state index in [1.165, 1.54) is 6.26 Å². The number of benzene rings is 1. The minimum atomic E-state index is -0.360. The highest BCUT2D eigenvalue weighted by Crippen LogP contribution is 2.34.